The normalized spacial score (nSPS) is 28.3. The molecule has 0 spiro atoms. The van der Waals surface area contributed by atoms with Gasteiger partial charge in [-0.05, 0) is 32.4 Å². The molecule has 0 saturated carbocycles. The Hall–Kier alpha value is -0.120. The molecule has 84 valence electrons. The Labute approximate surface area is 87.1 Å². The number of rotatable bonds is 5. The van der Waals surface area contributed by atoms with Crippen LogP contribution in [0.5, 0.6) is 0 Å². The second-order valence-corrected chi connectivity index (χ2v) is 4.03. The van der Waals surface area contributed by atoms with E-state index in [1.54, 1.807) is 0 Å². The third-order valence-electron chi connectivity index (χ3n) is 2.78. The maximum Gasteiger partial charge on any atom is 0.0929 e. The van der Waals surface area contributed by atoms with E-state index in [0.717, 1.165) is 39.0 Å². The molecule has 3 nitrogen and oxygen atoms in total. The predicted octanol–water partition coefficient (Wildman–Crippen LogP) is 1.26. The molecule has 1 rings (SSSR count). The number of hydrogen-bond donors (Lipinski definition) is 1. The number of aliphatic hydroxyl groups excluding tert-OH is 1. The van der Waals surface area contributed by atoms with E-state index in [4.69, 9.17) is 4.74 Å². The highest BCUT2D eigenvalue weighted by Crippen LogP contribution is 2.15. The molecule has 1 aliphatic heterocycles. The summed E-state index contributed by atoms with van der Waals surface area (Å²) in [7, 11) is 0. The fourth-order valence-electron chi connectivity index (χ4n) is 2.16. The van der Waals surface area contributed by atoms with Crippen molar-refractivity contribution in [2.75, 3.05) is 26.3 Å². The second kappa shape index (κ2) is 6.38. The molecule has 1 N–H and O–H groups in total. The molecule has 1 heterocycles. The lowest BCUT2D eigenvalue weighted by Crippen LogP contribution is -2.49. The Balaban J connectivity index is 2.46. The van der Waals surface area contributed by atoms with E-state index in [-0.39, 0.29) is 6.10 Å². The number of nitrogens with zero attached hydrogens (tertiary/aromatic N) is 1. The van der Waals surface area contributed by atoms with Crippen LogP contribution in [-0.4, -0.2) is 48.5 Å². The molecule has 14 heavy (non-hydrogen) atoms. The van der Waals surface area contributed by atoms with Crippen molar-refractivity contribution in [1.82, 2.24) is 4.90 Å². The molecule has 0 aromatic heterocycles. The highest BCUT2D eigenvalue weighted by Gasteiger charge is 2.28. The van der Waals surface area contributed by atoms with Crippen LogP contribution in [0.4, 0.5) is 0 Å². The van der Waals surface area contributed by atoms with Crippen LogP contribution in [0.1, 0.15) is 33.1 Å². The van der Waals surface area contributed by atoms with Crippen LogP contribution in [-0.2, 0) is 4.74 Å². The average Bonchev–Trinajstić information content (AvgIpc) is 2.18. The van der Waals surface area contributed by atoms with Gasteiger partial charge in [0.2, 0.25) is 0 Å². The van der Waals surface area contributed by atoms with E-state index in [2.05, 4.69) is 18.7 Å². The SMILES string of the molecule is CCCN(CCC)C1CCOCC1O. The van der Waals surface area contributed by atoms with E-state index in [1.807, 2.05) is 0 Å². The summed E-state index contributed by atoms with van der Waals surface area (Å²) in [6, 6.07) is 0.323. The van der Waals surface area contributed by atoms with E-state index < -0.39 is 0 Å². The van der Waals surface area contributed by atoms with Gasteiger partial charge in [-0.1, -0.05) is 13.8 Å². The fraction of sp³-hybridized carbons (Fsp3) is 1.00. The van der Waals surface area contributed by atoms with Crippen molar-refractivity contribution in [2.24, 2.45) is 0 Å². The highest BCUT2D eigenvalue weighted by atomic mass is 16.5. The van der Waals surface area contributed by atoms with Crippen molar-refractivity contribution in [3.63, 3.8) is 0 Å². The van der Waals surface area contributed by atoms with Crippen LogP contribution in [0.3, 0.4) is 0 Å². The first-order valence-electron chi connectivity index (χ1n) is 5.79. The van der Waals surface area contributed by atoms with E-state index >= 15 is 0 Å². The minimum atomic E-state index is -0.290. The number of aliphatic hydroxyl groups is 1. The minimum Gasteiger partial charge on any atom is -0.389 e. The molecule has 0 radical (unpaired) electrons. The number of hydrogen-bond acceptors (Lipinski definition) is 3. The third-order valence-corrected chi connectivity index (χ3v) is 2.78. The van der Waals surface area contributed by atoms with Gasteiger partial charge >= 0.3 is 0 Å². The third kappa shape index (κ3) is 3.23. The molecule has 0 bridgehead atoms. The van der Waals surface area contributed by atoms with Crippen LogP contribution in [0.25, 0.3) is 0 Å². The Bertz CT molecular complexity index is 146. The zero-order valence-corrected chi connectivity index (χ0v) is 9.41. The van der Waals surface area contributed by atoms with Gasteiger partial charge in [0, 0.05) is 12.6 Å². The van der Waals surface area contributed by atoms with Crippen molar-refractivity contribution in [2.45, 2.75) is 45.3 Å². The maximum absolute atomic E-state index is 9.83. The molecule has 0 aliphatic carbocycles. The fourth-order valence-corrected chi connectivity index (χ4v) is 2.16. The highest BCUT2D eigenvalue weighted by molar-refractivity contribution is 4.81. The van der Waals surface area contributed by atoms with Gasteiger partial charge in [0.25, 0.3) is 0 Å². The van der Waals surface area contributed by atoms with Crippen LogP contribution >= 0.6 is 0 Å². The summed E-state index contributed by atoms with van der Waals surface area (Å²) in [6.45, 7) is 7.87. The van der Waals surface area contributed by atoms with Crippen molar-refractivity contribution < 1.29 is 9.84 Å². The van der Waals surface area contributed by atoms with Gasteiger partial charge in [0.1, 0.15) is 0 Å². The van der Waals surface area contributed by atoms with Gasteiger partial charge in [-0.2, -0.15) is 0 Å². The first kappa shape index (κ1) is 12.0. The quantitative estimate of drug-likeness (QED) is 0.727. The zero-order chi connectivity index (χ0) is 10.4. The van der Waals surface area contributed by atoms with E-state index in [9.17, 15) is 5.11 Å². The predicted molar refractivity (Wildman–Crippen MR) is 57.4 cm³/mol. The van der Waals surface area contributed by atoms with Crippen molar-refractivity contribution in [3.8, 4) is 0 Å². The van der Waals surface area contributed by atoms with Gasteiger partial charge in [-0.25, -0.2) is 0 Å². The Kier molecular flexibility index (Phi) is 5.45. The molecule has 0 aromatic rings. The lowest BCUT2D eigenvalue weighted by atomic mass is 10.0. The lowest BCUT2D eigenvalue weighted by Gasteiger charge is -2.37. The monoisotopic (exact) mass is 201 g/mol. The summed E-state index contributed by atoms with van der Waals surface area (Å²) in [5.74, 6) is 0. The lowest BCUT2D eigenvalue weighted by molar-refractivity contribution is -0.0646. The van der Waals surface area contributed by atoms with Crippen LogP contribution in [0, 0.1) is 0 Å². The van der Waals surface area contributed by atoms with Gasteiger partial charge in [0.05, 0.1) is 12.7 Å². The first-order chi connectivity index (χ1) is 6.79. The van der Waals surface area contributed by atoms with Gasteiger partial charge in [-0.3, -0.25) is 4.90 Å². The molecule has 1 aliphatic rings. The molecule has 2 atom stereocenters. The summed E-state index contributed by atoms with van der Waals surface area (Å²) in [6.07, 6.45) is 3.00. The van der Waals surface area contributed by atoms with Crippen molar-refractivity contribution in [3.05, 3.63) is 0 Å². The standard InChI is InChI=1S/C11H23NO2/c1-3-6-12(7-4-2)10-5-8-14-9-11(10)13/h10-11,13H,3-9H2,1-2H3. The molecule has 3 heteroatoms. The summed E-state index contributed by atoms with van der Waals surface area (Å²) < 4.78 is 5.24. The zero-order valence-electron chi connectivity index (χ0n) is 9.41. The molecular formula is C11H23NO2. The van der Waals surface area contributed by atoms with Crippen molar-refractivity contribution in [1.29, 1.82) is 0 Å². The summed E-state index contributed by atoms with van der Waals surface area (Å²) in [5.41, 5.74) is 0. The van der Waals surface area contributed by atoms with Crippen LogP contribution in [0.2, 0.25) is 0 Å². The van der Waals surface area contributed by atoms with Crippen molar-refractivity contribution >= 4 is 0 Å². The maximum atomic E-state index is 9.83. The molecule has 2 unspecified atom stereocenters. The first-order valence-corrected chi connectivity index (χ1v) is 5.79. The summed E-state index contributed by atoms with van der Waals surface area (Å²) >= 11 is 0. The van der Waals surface area contributed by atoms with Gasteiger partial charge in [0.15, 0.2) is 0 Å². The van der Waals surface area contributed by atoms with Gasteiger partial charge < -0.3 is 9.84 Å². The average molecular weight is 201 g/mol. The topological polar surface area (TPSA) is 32.7 Å². The Morgan fingerprint density at radius 1 is 1.29 bits per heavy atom. The largest absolute Gasteiger partial charge is 0.389 e. The summed E-state index contributed by atoms with van der Waals surface area (Å²) in [4.78, 5) is 2.41. The molecule has 0 amide bonds. The van der Waals surface area contributed by atoms with Crippen LogP contribution < -0.4 is 0 Å². The smallest absolute Gasteiger partial charge is 0.0929 e. The Morgan fingerprint density at radius 2 is 1.93 bits per heavy atom. The summed E-state index contributed by atoms with van der Waals surface area (Å²) in [5, 5.41) is 9.83. The minimum absolute atomic E-state index is 0.290. The molecular weight excluding hydrogens is 178 g/mol. The Morgan fingerprint density at radius 3 is 2.43 bits per heavy atom. The second-order valence-electron chi connectivity index (χ2n) is 4.03. The molecule has 1 saturated heterocycles. The molecule has 0 aromatic carbocycles. The van der Waals surface area contributed by atoms with E-state index in [1.165, 1.54) is 0 Å². The van der Waals surface area contributed by atoms with Gasteiger partial charge in [-0.15, -0.1) is 0 Å². The van der Waals surface area contributed by atoms with Crippen LogP contribution in [0.15, 0.2) is 0 Å². The number of ether oxygens (including phenoxy) is 1. The van der Waals surface area contributed by atoms with E-state index in [0.29, 0.717) is 12.6 Å². The molecule has 1 fully saturated rings.